The number of carbonyl (C=O) groups is 1. The molecule has 0 aliphatic rings. The van der Waals surface area contributed by atoms with E-state index in [4.69, 9.17) is 4.74 Å². The summed E-state index contributed by atoms with van der Waals surface area (Å²) in [4.78, 5) is 37.5. The lowest BCUT2D eigenvalue weighted by molar-refractivity contribution is 0.101. The van der Waals surface area contributed by atoms with Crippen LogP contribution in [0.4, 0.5) is 5.69 Å². The van der Waals surface area contributed by atoms with E-state index >= 15 is 0 Å². The van der Waals surface area contributed by atoms with Crippen molar-refractivity contribution in [2.24, 2.45) is 7.05 Å². The highest BCUT2D eigenvalue weighted by atomic mass is 16.5. The minimum atomic E-state index is -0.779. The van der Waals surface area contributed by atoms with Crippen LogP contribution in [0.5, 0.6) is 5.75 Å². The van der Waals surface area contributed by atoms with E-state index in [-0.39, 0.29) is 0 Å². The van der Waals surface area contributed by atoms with Gasteiger partial charge in [0.05, 0.1) is 18.0 Å². The molecule has 8 nitrogen and oxygen atoms in total. The minimum absolute atomic E-state index is 0.396. The van der Waals surface area contributed by atoms with Crippen molar-refractivity contribution in [2.75, 3.05) is 11.9 Å². The highest BCUT2D eigenvalue weighted by molar-refractivity contribution is 6.03. The summed E-state index contributed by atoms with van der Waals surface area (Å²) in [6, 6.07) is 15.4. The number of hydrogen-bond donors (Lipinski definition) is 1. The van der Waals surface area contributed by atoms with Gasteiger partial charge in [0, 0.05) is 7.05 Å². The summed E-state index contributed by atoms with van der Waals surface area (Å²) >= 11 is 0. The molecule has 0 aliphatic carbocycles. The number of nitrogens with one attached hydrogen (secondary N) is 1. The summed E-state index contributed by atoms with van der Waals surface area (Å²) in [6.45, 7) is 2.25. The molecule has 0 saturated carbocycles. The molecule has 0 aliphatic heterocycles. The molecular formula is C19H18N4O4. The molecular weight excluding hydrogens is 348 g/mol. The van der Waals surface area contributed by atoms with Gasteiger partial charge in [0.25, 0.3) is 11.5 Å². The molecule has 3 rings (SSSR count). The predicted octanol–water partition coefficient (Wildman–Crippen LogP) is 1.58. The molecule has 0 saturated heterocycles. The van der Waals surface area contributed by atoms with Crippen molar-refractivity contribution in [3.63, 3.8) is 0 Å². The zero-order chi connectivity index (χ0) is 19.4. The number of nitrogens with zero attached hydrogens (tertiary/aromatic N) is 3. The number of anilines is 1. The largest absolute Gasteiger partial charge is 0.492 e. The van der Waals surface area contributed by atoms with Crippen LogP contribution in [0.2, 0.25) is 0 Å². The zero-order valence-electron chi connectivity index (χ0n) is 14.9. The van der Waals surface area contributed by atoms with E-state index in [2.05, 4.69) is 10.4 Å². The molecule has 1 N–H and O–H groups in total. The Kier molecular flexibility index (Phi) is 5.16. The van der Waals surface area contributed by atoms with E-state index in [9.17, 15) is 14.4 Å². The molecule has 0 fully saturated rings. The van der Waals surface area contributed by atoms with Crippen molar-refractivity contribution < 1.29 is 9.53 Å². The number of para-hydroxylation sites is 3. The van der Waals surface area contributed by atoms with Gasteiger partial charge in [0.1, 0.15) is 5.75 Å². The van der Waals surface area contributed by atoms with Gasteiger partial charge in [-0.3, -0.25) is 14.2 Å². The Morgan fingerprint density at radius 1 is 1.07 bits per heavy atom. The van der Waals surface area contributed by atoms with Crippen LogP contribution >= 0.6 is 0 Å². The zero-order valence-corrected chi connectivity index (χ0v) is 14.9. The van der Waals surface area contributed by atoms with Crippen LogP contribution in [0.3, 0.4) is 0 Å². The van der Waals surface area contributed by atoms with E-state index < -0.39 is 22.9 Å². The maximum Gasteiger partial charge on any atom is 0.351 e. The van der Waals surface area contributed by atoms with Gasteiger partial charge in [0.2, 0.25) is 5.69 Å². The average Bonchev–Trinajstić information content (AvgIpc) is 2.68. The smallest absolute Gasteiger partial charge is 0.351 e. The number of ether oxygens (including phenoxy) is 1. The number of carbonyl (C=O) groups excluding carboxylic acids is 1. The molecule has 1 heterocycles. The van der Waals surface area contributed by atoms with Gasteiger partial charge in [-0.2, -0.15) is 9.78 Å². The van der Waals surface area contributed by atoms with Gasteiger partial charge in [-0.25, -0.2) is 4.79 Å². The number of amides is 1. The standard InChI is InChI=1S/C19H18N4O4/c1-3-27-15-12-8-7-11-14(15)20-17(24)16-18(25)22(2)19(26)23(21-16)13-9-5-4-6-10-13/h4-12H,3H2,1-2H3,(H,20,24). The lowest BCUT2D eigenvalue weighted by Crippen LogP contribution is -2.43. The first-order valence-electron chi connectivity index (χ1n) is 8.32. The molecule has 0 atom stereocenters. The summed E-state index contributed by atoms with van der Waals surface area (Å²) in [6.07, 6.45) is 0. The van der Waals surface area contributed by atoms with Gasteiger partial charge in [-0.15, -0.1) is 0 Å². The van der Waals surface area contributed by atoms with E-state index in [0.717, 1.165) is 9.25 Å². The fraction of sp³-hybridized carbons (Fsp3) is 0.158. The highest BCUT2D eigenvalue weighted by Gasteiger charge is 2.19. The van der Waals surface area contributed by atoms with Crippen LogP contribution in [0, 0.1) is 0 Å². The van der Waals surface area contributed by atoms with Crippen LogP contribution < -0.4 is 21.3 Å². The Hall–Kier alpha value is -3.68. The Morgan fingerprint density at radius 3 is 2.44 bits per heavy atom. The third-order valence-corrected chi connectivity index (χ3v) is 3.83. The van der Waals surface area contributed by atoms with Crippen molar-refractivity contribution in [3.8, 4) is 11.4 Å². The molecule has 2 aromatic carbocycles. The Labute approximate surface area is 154 Å². The van der Waals surface area contributed by atoms with Gasteiger partial charge in [-0.05, 0) is 31.2 Å². The Balaban J connectivity index is 2.04. The molecule has 1 amide bonds. The maximum absolute atomic E-state index is 12.7. The van der Waals surface area contributed by atoms with Crippen molar-refractivity contribution in [2.45, 2.75) is 6.92 Å². The summed E-state index contributed by atoms with van der Waals surface area (Å²) in [5.74, 6) is -0.256. The number of hydrogen-bond acceptors (Lipinski definition) is 5. The maximum atomic E-state index is 12.7. The van der Waals surface area contributed by atoms with Crippen molar-refractivity contribution in [3.05, 3.63) is 81.1 Å². The SMILES string of the molecule is CCOc1ccccc1NC(=O)c1nn(-c2ccccc2)c(=O)n(C)c1=O. The summed E-state index contributed by atoms with van der Waals surface area (Å²) < 4.78 is 7.34. The topological polar surface area (TPSA) is 95.2 Å². The molecule has 1 aromatic heterocycles. The summed E-state index contributed by atoms with van der Waals surface area (Å²) in [7, 11) is 1.30. The third-order valence-electron chi connectivity index (χ3n) is 3.83. The van der Waals surface area contributed by atoms with Crippen molar-refractivity contribution >= 4 is 11.6 Å². The molecule has 0 spiro atoms. The average molecular weight is 366 g/mol. The second kappa shape index (κ2) is 7.69. The second-order valence-electron chi connectivity index (χ2n) is 5.63. The van der Waals surface area contributed by atoms with Gasteiger partial charge in [0.15, 0.2) is 0 Å². The van der Waals surface area contributed by atoms with Gasteiger partial charge < -0.3 is 10.1 Å². The fourth-order valence-electron chi connectivity index (χ4n) is 2.49. The fourth-order valence-corrected chi connectivity index (χ4v) is 2.49. The monoisotopic (exact) mass is 366 g/mol. The molecule has 138 valence electrons. The van der Waals surface area contributed by atoms with Crippen LogP contribution in [0.1, 0.15) is 17.4 Å². The number of aromatic nitrogens is 3. The first kappa shape index (κ1) is 18.1. The summed E-state index contributed by atoms with van der Waals surface area (Å²) in [5.41, 5.74) is -0.962. The Morgan fingerprint density at radius 2 is 1.74 bits per heavy atom. The highest BCUT2D eigenvalue weighted by Crippen LogP contribution is 2.23. The normalized spacial score (nSPS) is 10.4. The molecule has 8 heteroatoms. The van der Waals surface area contributed by atoms with Crippen LogP contribution in [-0.2, 0) is 7.05 Å². The molecule has 0 unspecified atom stereocenters. The van der Waals surface area contributed by atoms with Crippen LogP contribution in [0.25, 0.3) is 5.69 Å². The van der Waals surface area contributed by atoms with E-state index in [1.165, 1.54) is 7.05 Å². The molecule has 3 aromatic rings. The predicted molar refractivity (Wildman–Crippen MR) is 101 cm³/mol. The van der Waals surface area contributed by atoms with E-state index in [0.29, 0.717) is 23.7 Å². The molecule has 27 heavy (non-hydrogen) atoms. The van der Waals surface area contributed by atoms with Gasteiger partial charge >= 0.3 is 5.69 Å². The Bertz CT molecular complexity index is 1090. The lowest BCUT2D eigenvalue weighted by atomic mass is 10.3. The van der Waals surface area contributed by atoms with Crippen molar-refractivity contribution in [1.29, 1.82) is 0 Å². The first-order valence-corrected chi connectivity index (χ1v) is 8.32. The lowest BCUT2D eigenvalue weighted by Gasteiger charge is -2.12. The number of benzene rings is 2. The molecule has 0 bridgehead atoms. The first-order chi connectivity index (χ1) is 13.0. The second-order valence-corrected chi connectivity index (χ2v) is 5.63. The van der Waals surface area contributed by atoms with Crippen molar-refractivity contribution in [1.82, 2.24) is 14.3 Å². The molecule has 0 radical (unpaired) electrons. The van der Waals surface area contributed by atoms with Crippen LogP contribution in [-0.4, -0.2) is 26.9 Å². The van der Waals surface area contributed by atoms with Gasteiger partial charge in [-0.1, -0.05) is 30.3 Å². The van der Waals surface area contributed by atoms with E-state index in [1.54, 1.807) is 54.6 Å². The third kappa shape index (κ3) is 3.64. The number of rotatable bonds is 5. The summed E-state index contributed by atoms with van der Waals surface area (Å²) in [5, 5.41) is 6.62. The minimum Gasteiger partial charge on any atom is -0.492 e. The van der Waals surface area contributed by atoms with Crippen LogP contribution in [0.15, 0.2) is 64.2 Å². The van der Waals surface area contributed by atoms with E-state index in [1.807, 2.05) is 6.92 Å². The quantitative estimate of drug-likeness (QED) is 0.740.